The number of fused-ring (bicyclic) bond motifs is 2. The van der Waals surface area contributed by atoms with Crippen molar-refractivity contribution < 1.29 is 0 Å². The first-order valence-corrected chi connectivity index (χ1v) is 5.75. The van der Waals surface area contributed by atoms with Gasteiger partial charge >= 0.3 is 0 Å². The predicted octanol–water partition coefficient (Wildman–Crippen LogP) is 3.84. The summed E-state index contributed by atoms with van der Waals surface area (Å²) < 4.78 is 0. The fourth-order valence-corrected chi connectivity index (χ4v) is 3.60. The molecular formula is C13H18. The minimum Gasteiger partial charge on any atom is -0.0772 e. The van der Waals surface area contributed by atoms with Crippen LogP contribution in [0.4, 0.5) is 0 Å². The lowest BCUT2D eigenvalue weighted by Crippen LogP contribution is -2.16. The molecule has 0 heterocycles. The van der Waals surface area contributed by atoms with Gasteiger partial charge in [0.05, 0.1) is 0 Å². The lowest BCUT2D eigenvalue weighted by atomic mass is 9.78. The summed E-state index contributed by atoms with van der Waals surface area (Å²) in [6, 6.07) is 0. The molecule has 0 spiro atoms. The minimum absolute atomic E-state index is 0.998. The zero-order valence-electron chi connectivity index (χ0n) is 8.47. The monoisotopic (exact) mass is 174 g/mol. The molecule has 0 aromatic rings. The van der Waals surface area contributed by atoms with Crippen LogP contribution < -0.4 is 0 Å². The lowest BCUT2D eigenvalue weighted by Gasteiger charge is -2.27. The molecule has 13 heavy (non-hydrogen) atoms. The first kappa shape index (κ1) is 7.84. The molecule has 3 aliphatic rings. The highest BCUT2D eigenvalue weighted by Gasteiger charge is 2.37. The van der Waals surface area contributed by atoms with Crippen LogP contribution in [0.15, 0.2) is 22.8 Å². The van der Waals surface area contributed by atoms with Gasteiger partial charge in [-0.15, -0.1) is 0 Å². The summed E-state index contributed by atoms with van der Waals surface area (Å²) >= 11 is 0. The molecular weight excluding hydrogens is 156 g/mol. The molecule has 0 aromatic carbocycles. The van der Waals surface area contributed by atoms with Gasteiger partial charge in [0, 0.05) is 0 Å². The highest BCUT2D eigenvalue weighted by molar-refractivity contribution is 5.46. The Morgan fingerprint density at radius 3 is 3.00 bits per heavy atom. The van der Waals surface area contributed by atoms with Crippen molar-refractivity contribution in [3.05, 3.63) is 22.8 Å². The van der Waals surface area contributed by atoms with Crippen molar-refractivity contribution in [3.63, 3.8) is 0 Å². The maximum atomic E-state index is 2.44. The van der Waals surface area contributed by atoms with Gasteiger partial charge in [-0.1, -0.05) is 30.1 Å². The standard InChI is InChI=1S/C13H18/c1-9-6-7-12-11-5-3-2-4-10(11)8-13(9)12/h6,10-11H,2-5,7-8H2,1H3. The van der Waals surface area contributed by atoms with Crippen LogP contribution in [0.5, 0.6) is 0 Å². The highest BCUT2D eigenvalue weighted by atomic mass is 14.4. The van der Waals surface area contributed by atoms with Gasteiger partial charge in [0.2, 0.25) is 0 Å². The molecule has 2 atom stereocenters. The predicted molar refractivity (Wildman–Crippen MR) is 55.5 cm³/mol. The van der Waals surface area contributed by atoms with E-state index in [1.54, 1.807) is 11.1 Å². The molecule has 0 amide bonds. The van der Waals surface area contributed by atoms with Crippen LogP contribution in [0.3, 0.4) is 0 Å². The largest absolute Gasteiger partial charge is 0.0772 e. The maximum Gasteiger partial charge on any atom is -0.0124 e. The molecule has 0 heteroatoms. The second-order valence-electron chi connectivity index (χ2n) is 4.95. The van der Waals surface area contributed by atoms with Gasteiger partial charge in [-0.3, -0.25) is 0 Å². The molecule has 0 nitrogen and oxygen atoms in total. The SMILES string of the molecule is CC1=CCC2=C1CC1CCCCC21. The van der Waals surface area contributed by atoms with Gasteiger partial charge in [-0.05, 0) is 50.0 Å². The summed E-state index contributed by atoms with van der Waals surface area (Å²) in [5.74, 6) is 2.04. The van der Waals surface area contributed by atoms with E-state index in [1.807, 2.05) is 5.57 Å². The third-order valence-electron chi connectivity index (χ3n) is 4.31. The smallest absolute Gasteiger partial charge is 0.0124 e. The second-order valence-corrected chi connectivity index (χ2v) is 4.95. The van der Waals surface area contributed by atoms with E-state index in [0.717, 1.165) is 11.8 Å². The normalized spacial score (nSPS) is 37.5. The molecule has 1 fully saturated rings. The zero-order valence-corrected chi connectivity index (χ0v) is 8.47. The van der Waals surface area contributed by atoms with E-state index < -0.39 is 0 Å². The van der Waals surface area contributed by atoms with Crippen molar-refractivity contribution >= 4 is 0 Å². The highest BCUT2D eigenvalue weighted by Crippen LogP contribution is 2.51. The van der Waals surface area contributed by atoms with E-state index in [2.05, 4.69) is 13.0 Å². The minimum atomic E-state index is 0.998. The topological polar surface area (TPSA) is 0 Å². The lowest BCUT2D eigenvalue weighted by molar-refractivity contribution is 0.291. The van der Waals surface area contributed by atoms with Gasteiger partial charge < -0.3 is 0 Å². The first-order valence-electron chi connectivity index (χ1n) is 5.75. The average molecular weight is 174 g/mol. The van der Waals surface area contributed by atoms with Crippen LogP contribution in [0.25, 0.3) is 0 Å². The van der Waals surface area contributed by atoms with Crippen LogP contribution in [0.2, 0.25) is 0 Å². The van der Waals surface area contributed by atoms with Crippen LogP contribution in [-0.2, 0) is 0 Å². The van der Waals surface area contributed by atoms with Gasteiger partial charge in [-0.2, -0.15) is 0 Å². The summed E-state index contributed by atoms with van der Waals surface area (Å²) in [5, 5.41) is 0. The van der Waals surface area contributed by atoms with Crippen LogP contribution in [0, 0.1) is 11.8 Å². The van der Waals surface area contributed by atoms with Crippen LogP contribution in [0.1, 0.15) is 45.4 Å². The molecule has 0 aliphatic heterocycles. The molecule has 3 rings (SSSR count). The first-order chi connectivity index (χ1) is 6.36. The van der Waals surface area contributed by atoms with Gasteiger partial charge in [0.1, 0.15) is 0 Å². The zero-order chi connectivity index (χ0) is 8.84. The van der Waals surface area contributed by atoms with E-state index in [4.69, 9.17) is 0 Å². The third-order valence-corrected chi connectivity index (χ3v) is 4.31. The van der Waals surface area contributed by atoms with Crippen molar-refractivity contribution in [1.82, 2.24) is 0 Å². The van der Waals surface area contributed by atoms with Crippen LogP contribution >= 0.6 is 0 Å². The number of rotatable bonds is 0. The molecule has 0 aromatic heterocycles. The fourth-order valence-electron chi connectivity index (χ4n) is 3.60. The number of hydrogen-bond acceptors (Lipinski definition) is 0. The Hall–Kier alpha value is -0.520. The molecule has 2 unspecified atom stereocenters. The second kappa shape index (κ2) is 2.73. The molecule has 1 saturated carbocycles. The Labute approximate surface area is 80.7 Å². The molecule has 0 bridgehead atoms. The van der Waals surface area contributed by atoms with Gasteiger partial charge in [-0.25, -0.2) is 0 Å². The number of hydrogen-bond donors (Lipinski definition) is 0. The molecule has 0 radical (unpaired) electrons. The summed E-state index contributed by atoms with van der Waals surface area (Å²) in [5.41, 5.74) is 5.20. The Morgan fingerprint density at radius 2 is 2.08 bits per heavy atom. The van der Waals surface area contributed by atoms with E-state index in [-0.39, 0.29) is 0 Å². The molecule has 0 saturated heterocycles. The summed E-state index contributed by atoms with van der Waals surface area (Å²) in [6.07, 6.45) is 11.1. The maximum absolute atomic E-state index is 2.44. The van der Waals surface area contributed by atoms with Gasteiger partial charge in [0.25, 0.3) is 0 Å². The van der Waals surface area contributed by atoms with Crippen LogP contribution in [-0.4, -0.2) is 0 Å². The fraction of sp³-hybridized carbons (Fsp3) is 0.692. The third kappa shape index (κ3) is 1.04. The molecule has 70 valence electrons. The Morgan fingerprint density at radius 1 is 1.23 bits per heavy atom. The summed E-state index contributed by atoms with van der Waals surface area (Å²) in [4.78, 5) is 0. The van der Waals surface area contributed by atoms with Crippen molar-refractivity contribution in [2.24, 2.45) is 11.8 Å². The van der Waals surface area contributed by atoms with Crippen molar-refractivity contribution in [2.45, 2.75) is 45.4 Å². The molecule has 0 N–H and O–H groups in total. The van der Waals surface area contributed by atoms with E-state index >= 15 is 0 Å². The van der Waals surface area contributed by atoms with E-state index in [0.29, 0.717) is 0 Å². The van der Waals surface area contributed by atoms with Crippen molar-refractivity contribution in [3.8, 4) is 0 Å². The quantitative estimate of drug-likeness (QED) is 0.523. The Bertz CT molecular complexity index is 293. The summed E-state index contributed by atoms with van der Waals surface area (Å²) in [7, 11) is 0. The average Bonchev–Trinajstić information content (AvgIpc) is 2.67. The van der Waals surface area contributed by atoms with E-state index in [1.165, 1.54) is 38.5 Å². The summed E-state index contributed by atoms with van der Waals surface area (Å²) in [6.45, 7) is 2.31. The number of allylic oxidation sites excluding steroid dienone is 4. The van der Waals surface area contributed by atoms with Crippen molar-refractivity contribution in [2.75, 3.05) is 0 Å². The Balaban J connectivity index is 1.91. The Kier molecular flexibility index (Phi) is 1.65. The van der Waals surface area contributed by atoms with Gasteiger partial charge in [0.15, 0.2) is 0 Å². The molecule has 3 aliphatic carbocycles. The van der Waals surface area contributed by atoms with Crippen molar-refractivity contribution in [1.29, 1.82) is 0 Å². The van der Waals surface area contributed by atoms with E-state index in [9.17, 15) is 0 Å².